The SMILES string of the molecule is N#[N+]c1cc(-c2ccccc2)c([O-])c(-c2ccccc2)c1. The summed E-state index contributed by atoms with van der Waals surface area (Å²) in [6, 6.07) is 22.0. The van der Waals surface area contributed by atoms with Crippen molar-refractivity contribution >= 4 is 5.69 Å². The van der Waals surface area contributed by atoms with Gasteiger partial charge in [0, 0.05) is 12.1 Å². The Morgan fingerprint density at radius 1 is 0.714 bits per heavy atom. The van der Waals surface area contributed by atoms with Gasteiger partial charge in [0.25, 0.3) is 0 Å². The minimum absolute atomic E-state index is 0.0696. The topological polar surface area (TPSA) is 51.2 Å². The first-order valence-corrected chi connectivity index (χ1v) is 6.60. The first kappa shape index (κ1) is 12.9. The first-order valence-electron chi connectivity index (χ1n) is 6.60. The van der Waals surface area contributed by atoms with Crippen molar-refractivity contribution in [3.05, 3.63) is 77.8 Å². The lowest BCUT2D eigenvalue weighted by molar-refractivity contribution is -0.266. The van der Waals surface area contributed by atoms with Crippen LogP contribution in [0.1, 0.15) is 0 Å². The zero-order valence-corrected chi connectivity index (χ0v) is 11.2. The molecule has 0 unspecified atom stereocenters. The molecule has 3 aromatic carbocycles. The van der Waals surface area contributed by atoms with E-state index >= 15 is 0 Å². The van der Waals surface area contributed by atoms with Crippen molar-refractivity contribution in [1.29, 1.82) is 5.39 Å². The number of hydrogen-bond donors (Lipinski definition) is 0. The third-order valence-electron chi connectivity index (χ3n) is 3.36. The Morgan fingerprint density at radius 3 is 1.52 bits per heavy atom. The van der Waals surface area contributed by atoms with E-state index in [9.17, 15) is 5.11 Å². The monoisotopic (exact) mass is 272 g/mol. The standard InChI is InChI=1S/C18H12N2O/c19-20-15-11-16(13-7-3-1-4-8-13)18(21)17(12-15)14-9-5-2-6-10-14/h1-12H. The average molecular weight is 272 g/mol. The van der Waals surface area contributed by atoms with E-state index < -0.39 is 0 Å². The lowest BCUT2D eigenvalue weighted by atomic mass is 9.96. The van der Waals surface area contributed by atoms with Crippen molar-refractivity contribution in [1.82, 2.24) is 0 Å². The second-order valence-electron chi connectivity index (χ2n) is 4.70. The molecule has 0 heterocycles. The van der Waals surface area contributed by atoms with E-state index in [1.807, 2.05) is 60.7 Å². The van der Waals surface area contributed by atoms with Crippen LogP contribution in [0, 0.1) is 5.39 Å². The summed E-state index contributed by atoms with van der Waals surface area (Å²) in [7, 11) is 0. The van der Waals surface area contributed by atoms with E-state index in [0.29, 0.717) is 16.8 Å². The zero-order valence-electron chi connectivity index (χ0n) is 11.2. The van der Waals surface area contributed by atoms with Crippen LogP contribution in [0.3, 0.4) is 0 Å². The smallest absolute Gasteiger partial charge is 0.386 e. The molecule has 0 aliphatic rings. The minimum atomic E-state index is -0.0696. The van der Waals surface area contributed by atoms with Crippen molar-refractivity contribution in [3.8, 4) is 28.0 Å². The van der Waals surface area contributed by atoms with E-state index in [-0.39, 0.29) is 5.75 Å². The predicted molar refractivity (Wildman–Crippen MR) is 81.5 cm³/mol. The van der Waals surface area contributed by atoms with Crippen LogP contribution in [0.15, 0.2) is 72.8 Å². The van der Waals surface area contributed by atoms with Crippen LogP contribution in [-0.4, -0.2) is 0 Å². The van der Waals surface area contributed by atoms with Gasteiger partial charge in [-0.05, 0) is 22.3 Å². The molecule has 0 bridgehead atoms. The highest BCUT2D eigenvalue weighted by molar-refractivity contribution is 5.85. The lowest BCUT2D eigenvalue weighted by Crippen LogP contribution is -1.97. The van der Waals surface area contributed by atoms with Gasteiger partial charge >= 0.3 is 5.69 Å². The van der Waals surface area contributed by atoms with Crippen LogP contribution in [0.25, 0.3) is 27.2 Å². The zero-order chi connectivity index (χ0) is 14.7. The number of nitrogens with zero attached hydrogens (tertiary/aromatic N) is 2. The van der Waals surface area contributed by atoms with Gasteiger partial charge in [0.2, 0.25) is 5.39 Å². The largest absolute Gasteiger partial charge is 0.872 e. The molecule has 0 aliphatic carbocycles. The highest BCUT2D eigenvalue weighted by Gasteiger charge is 2.13. The third-order valence-corrected chi connectivity index (χ3v) is 3.36. The van der Waals surface area contributed by atoms with Gasteiger partial charge in [0.1, 0.15) is 0 Å². The summed E-state index contributed by atoms with van der Waals surface area (Å²) in [5.41, 5.74) is 3.05. The fourth-order valence-electron chi connectivity index (χ4n) is 2.34. The van der Waals surface area contributed by atoms with Crippen molar-refractivity contribution in [2.45, 2.75) is 0 Å². The molecule has 100 valence electrons. The number of hydrogen-bond acceptors (Lipinski definition) is 2. The molecule has 0 saturated heterocycles. The molecule has 0 fully saturated rings. The molecule has 0 atom stereocenters. The van der Waals surface area contributed by atoms with Crippen LogP contribution in [-0.2, 0) is 0 Å². The highest BCUT2D eigenvalue weighted by Crippen LogP contribution is 2.39. The predicted octanol–water partition coefficient (Wildman–Crippen LogP) is 4.58. The van der Waals surface area contributed by atoms with Crippen LogP contribution in [0.4, 0.5) is 5.69 Å². The Balaban J connectivity index is 2.26. The Bertz CT molecular complexity index is 745. The van der Waals surface area contributed by atoms with Gasteiger partial charge in [0.05, 0.1) is 0 Å². The van der Waals surface area contributed by atoms with Crippen molar-refractivity contribution in [3.63, 3.8) is 0 Å². The molecule has 0 N–H and O–H groups in total. The van der Waals surface area contributed by atoms with E-state index in [4.69, 9.17) is 5.39 Å². The quantitative estimate of drug-likeness (QED) is 0.641. The van der Waals surface area contributed by atoms with Gasteiger partial charge in [-0.25, -0.2) is 0 Å². The Labute approximate surface area is 122 Å². The van der Waals surface area contributed by atoms with Gasteiger partial charge < -0.3 is 5.11 Å². The summed E-state index contributed by atoms with van der Waals surface area (Å²) >= 11 is 0. The van der Waals surface area contributed by atoms with Gasteiger partial charge in [-0.15, -0.1) is 0 Å². The van der Waals surface area contributed by atoms with Crippen LogP contribution < -0.4 is 5.11 Å². The summed E-state index contributed by atoms with van der Waals surface area (Å²) in [5.74, 6) is -0.0696. The fourth-order valence-corrected chi connectivity index (χ4v) is 2.34. The molecule has 0 spiro atoms. The molecule has 21 heavy (non-hydrogen) atoms. The van der Waals surface area contributed by atoms with Crippen LogP contribution >= 0.6 is 0 Å². The van der Waals surface area contributed by atoms with Gasteiger partial charge in [-0.3, -0.25) is 0 Å². The van der Waals surface area contributed by atoms with Crippen molar-refractivity contribution in [2.24, 2.45) is 0 Å². The Hall–Kier alpha value is -3.12. The average Bonchev–Trinajstić information content (AvgIpc) is 2.57. The first-order chi connectivity index (χ1) is 10.3. The molecule has 0 radical (unpaired) electrons. The molecular formula is C18H12N2O. The van der Waals surface area contributed by atoms with Crippen LogP contribution in [0.5, 0.6) is 5.75 Å². The number of benzene rings is 3. The van der Waals surface area contributed by atoms with E-state index in [1.165, 1.54) is 0 Å². The fraction of sp³-hybridized carbons (Fsp3) is 0. The lowest BCUT2D eigenvalue weighted by Gasteiger charge is -2.18. The van der Waals surface area contributed by atoms with Crippen LogP contribution in [0.2, 0.25) is 0 Å². The van der Waals surface area contributed by atoms with Gasteiger partial charge in [-0.2, -0.15) is 0 Å². The van der Waals surface area contributed by atoms with E-state index in [2.05, 4.69) is 4.98 Å². The molecule has 0 aromatic heterocycles. The van der Waals surface area contributed by atoms with Gasteiger partial charge in [-0.1, -0.05) is 66.4 Å². The maximum absolute atomic E-state index is 12.7. The summed E-state index contributed by atoms with van der Waals surface area (Å²) in [6.45, 7) is 0. The Kier molecular flexibility index (Phi) is 3.36. The normalized spacial score (nSPS) is 10.0. The van der Waals surface area contributed by atoms with Crippen molar-refractivity contribution < 1.29 is 5.11 Å². The molecule has 3 rings (SSSR count). The summed E-state index contributed by atoms with van der Waals surface area (Å²) in [6.07, 6.45) is 0. The maximum Gasteiger partial charge on any atom is 0.386 e. The molecular weight excluding hydrogens is 260 g/mol. The van der Waals surface area contributed by atoms with E-state index in [0.717, 1.165) is 11.1 Å². The second-order valence-corrected chi connectivity index (χ2v) is 4.70. The third kappa shape index (κ3) is 2.47. The number of rotatable bonds is 2. The Morgan fingerprint density at radius 2 is 1.14 bits per heavy atom. The van der Waals surface area contributed by atoms with Gasteiger partial charge in [0.15, 0.2) is 4.98 Å². The molecule has 3 aromatic rings. The summed E-state index contributed by atoms with van der Waals surface area (Å²) < 4.78 is 0. The van der Waals surface area contributed by atoms with Crippen molar-refractivity contribution in [2.75, 3.05) is 0 Å². The summed E-state index contributed by atoms with van der Waals surface area (Å²) in [5, 5.41) is 21.8. The second kappa shape index (κ2) is 5.48. The molecule has 0 saturated carbocycles. The maximum atomic E-state index is 12.7. The number of diazo groups is 1. The molecule has 0 aliphatic heterocycles. The summed E-state index contributed by atoms with van der Waals surface area (Å²) in [4.78, 5) is 3.25. The minimum Gasteiger partial charge on any atom is -0.872 e. The molecule has 0 amide bonds. The van der Waals surface area contributed by atoms with E-state index in [1.54, 1.807) is 12.1 Å². The highest BCUT2D eigenvalue weighted by atomic mass is 16.3. The molecule has 3 nitrogen and oxygen atoms in total. The molecule has 3 heteroatoms.